The van der Waals surface area contributed by atoms with E-state index in [1.165, 1.54) is 19.3 Å². The van der Waals surface area contributed by atoms with Gasteiger partial charge in [0.2, 0.25) is 5.91 Å². The first-order valence-corrected chi connectivity index (χ1v) is 6.68. The molecule has 1 saturated carbocycles. The lowest BCUT2D eigenvalue weighted by Crippen LogP contribution is -2.49. The lowest BCUT2D eigenvalue weighted by Gasteiger charge is -2.38. The Labute approximate surface area is 98.6 Å². The lowest BCUT2D eigenvalue weighted by atomic mass is 9.80. The van der Waals surface area contributed by atoms with E-state index < -0.39 is 0 Å². The number of likely N-dealkylation sites (tertiary alicyclic amines) is 1. The number of piperidine rings is 1. The van der Waals surface area contributed by atoms with Crippen LogP contribution in [0.5, 0.6) is 0 Å². The molecule has 2 aliphatic rings. The topological polar surface area (TPSA) is 32.3 Å². The molecule has 0 bridgehead atoms. The maximum Gasteiger partial charge on any atom is 0.219 e. The Balaban J connectivity index is 1.70. The van der Waals surface area contributed by atoms with Gasteiger partial charge in [0.1, 0.15) is 0 Å². The van der Waals surface area contributed by atoms with Crippen molar-refractivity contribution >= 4 is 5.91 Å². The van der Waals surface area contributed by atoms with Gasteiger partial charge in [0, 0.05) is 32.1 Å². The lowest BCUT2D eigenvalue weighted by molar-refractivity contribution is -0.129. The molecule has 0 spiro atoms. The van der Waals surface area contributed by atoms with E-state index in [0.29, 0.717) is 12.1 Å². The normalized spacial score (nSPS) is 25.2. The van der Waals surface area contributed by atoms with E-state index in [9.17, 15) is 4.79 Å². The fourth-order valence-electron chi connectivity index (χ4n) is 2.81. The molecule has 0 aromatic carbocycles. The number of nitrogens with zero attached hydrogens (tertiary/aromatic N) is 1. The first kappa shape index (κ1) is 11.9. The van der Waals surface area contributed by atoms with Crippen LogP contribution in [0.4, 0.5) is 0 Å². The van der Waals surface area contributed by atoms with Gasteiger partial charge < -0.3 is 10.2 Å². The standard InChI is InChI=1S/C13H24N2O/c1-10(12-4-3-5-12)14-13-6-8-15(9-7-13)11(2)16/h10,12-14H,3-9H2,1-2H3. The maximum atomic E-state index is 11.2. The van der Waals surface area contributed by atoms with Gasteiger partial charge in [-0.25, -0.2) is 0 Å². The van der Waals surface area contributed by atoms with E-state index in [-0.39, 0.29) is 5.91 Å². The van der Waals surface area contributed by atoms with Crippen LogP contribution < -0.4 is 5.32 Å². The van der Waals surface area contributed by atoms with Gasteiger partial charge in [0.15, 0.2) is 0 Å². The minimum atomic E-state index is 0.227. The highest BCUT2D eigenvalue weighted by molar-refractivity contribution is 5.73. The number of carbonyl (C=O) groups is 1. The molecule has 2 fully saturated rings. The Kier molecular flexibility index (Phi) is 3.85. The zero-order valence-corrected chi connectivity index (χ0v) is 10.5. The Morgan fingerprint density at radius 1 is 1.25 bits per heavy atom. The van der Waals surface area contributed by atoms with E-state index in [4.69, 9.17) is 0 Å². The van der Waals surface area contributed by atoms with Gasteiger partial charge in [-0.05, 0) is 38.5 Å². The molecule has 0 aromatic rings. The minimum absolute atomic E-state index is 0.227. The van der Waals surface area contributed by atoms with Crippen LogP contribution in [0.2, 0.25) is 0 Å². The summed E-state index contributed by atoms with van der Waals surface area (Å²) >= 11 is 0. The van der Waals surface area contributed by atoms with Gasteiger partial charge in [-0.2, -0.15) is 0 Å². The van der Waals surface area contributed by atoms with E-state index in [1.54, 1.807) is 6.92 Å². The van der Waals surface area contributed by atoms with Crippen LogP contribution in [0.15, 0.2) is 0 Å². The van der Waals surface area contributed by atoms with Crippen molar-refractivity contribution in [3.8, 4) is 0 Å². The van der Waals surface area contributed by atoms with Crippen molar-refractivity contribution in [1.82, 2.24) is 10.2 Å². The fraction of sp³-hybridized carbons (Fsp3) is 0.923. The van der Waals surface area contributed by atoms with Crippen LogP contribution in [-0.2, 0) is 4.79 Å². The molecular formula is C13H24N2O. The highest BCUT2D eigenvalue weighted by Gasteiger charge is 2.27. The Hall–Kier alpha value is -0.570. The van der Waals surface area contributed by atoms with Gasteiger partial charge in [0.05, 0.1) is 0 Å². The molecule has 92 valence electrons. The second-order valence-electron chi connectivity index (χ2n) is 5.43. The fourth-order valence-corrected chi connectivity index (χ4v) is 2.81. The van der Waals surface area contributed by atoms with Gasteiger partial charge >= 0.3 is 0 Å². The van der Waals surface area contributed by atoms with Crippen LogP contribution in [0, 0.1) is 5.92 Å². The largest absolute Gasteiger partial charge is 0.343 e. The van der Waals surface area contributed by atoms with Crippen molar-refractivity contribution in [1.29, 1.82) is 0 Å². The van der Waals surface area contributed by atoms with Crippen molar-refractivity contribution in [3.05, 3.63) is 0 Å². The van der Waals surface area contributed by atoms with Crippen LogP contribution in [0.1, 0.15) is 46.0 Å². The summed E-state index contributed by atoms with van der Waals surface area (Å²) in [6, 6.07) is 1.30. The zero-order valence-electron chi connectivity index (χ0n) is 10.5. The molecule has 0 radical (unpaired) electrons. The van der Waals surface area contributed by atoms with Crippen LogP contribution in [-0.4, -0.2) is 36.0 Å². The van der Waals surface area contributed by atoms with E-state index in [1.807, 2.05) is 4.90 Å². The third-order valence-electron chi connectivity index (χ3n) is 4.30. The SMILES string of the molecule is CC(=O)N1CCC(NC(C)C2CCC2)CC1. The molecule has 0 aromatic heterocycles. The van der Waals surface area contributed by atoms with Gasteiger partial charge in [-0.1, -0.05) is 6.42 Å². The molecular weight excluding hydrogens is 200 g/mol. The molecule has 1 amide bonds. The smallest absolute Gasteiger partial charge is 0.219 e. The summed E-state index contributed by atoms with van der Waals surface area (Å²) < 4.78 is 0. The van der Waals surface area contributed by atoms with Crippen LogP contribution >= 0.6 is 0 Å². The average Bonchev–Trinajstić information content (AvgIpc) is 2.15. The highest BCUT2D eigenvalue weighted by Crippen LogP contribution is 2.30. The molecule has 1 heterocycles. The van der Waals surface area contributed by atoms with Crippen molar-refractivity contribution in [2.75, 3.05) is 13.1 Å². The predicted octanol–water partition coefficient (Wildman–Crippen LogP) is 1.78. The molecule has 1 aliphatic carbocycles. The summed E-state index contributed by atoms with van der Waals surface area (Å²) in [4.78, 5) is 13.2. The number of amides is 1. The summed E-state index contributed by atoms with van der Waals surface area (Å²) in [5, 5.41) is 3.74. The highest BCUT2D eigenvalue weighted by atomic mass is 16.2. The molecule has 3 nitrogen and oxygen atoms in total. The minimum Gasteiger partial charge on any atom is -0.343 e. The van der Waals surface area contributed by atoms with Gasteiger partial charge in [0.25, 0.3) is 0 Å². The third kappa shape index (κ3) is 2.76. The summed E-state index contributed by atoms with van der Waals surface area (Å²) in [6.45, 7) is 5.86. The number of nitrogens with one attached hydrogen (secondary N) is 1. The molecule has 2 rings (SSSR count). The van der Waals surface area contributed by atoms with Crippen LogP contribution in [0.3, 0.4) is 0 Å². The molecule has 1 N–H and O–H groups in total. The Morgan fingerprint density at radius 2 is 1.88 bits per heavy atom. The number of hydrogen-bond donors (Lipinski definition) is 1. The zero-order chi connectivity index (χ0) is 11.5. The van der Waals surface area contributed by atoms with Crippen LogP contribution in [0.25, 0.3) is 0 Å². The third-order valence-corrected chi connectivity index (χ3v) is 4.30. The van der Waals surface area contributed by atoms with Gasteiger partial charge in [-0.3, -0.25) is 4.79 Å². The molecule has 1 atom stereocenters. The molecule has 1 aliphatic heterocycles. The molecule has 1 saturated heterocycles. The van der Waals surface area contributed by atoms with Crippen molar-refractivity contribution in [2.45, 2.75) is 58.0 Å². The second-order valence-corrected chi connectivity index (χ2v) is 5.43. The maximum absolute atomic E-state index is 11.2. The number of rotatable bonds is 3. The first-order chi connectivity index (χ1) is 7.66. The summed E-state index contributed by atoms with van der Waals surface area (Å²) in [5.41, 5.74) is 0. The summed E-state index contributed by atoms with van der Waals surface area (Å²) in [5.74, 6) is 1.14. The Bertz CT molecular complexity index is 242. The first-order valence-electron chi connectivity index (χ1n) is 6.68. The van der Waals surface area contributed by atoms with Crippen molar-refractivity contribution < 1.29 is 4.79 Å². The van der Waals surface area contributed by atoms with Crippen molar-refractivity contribution in [3.63, 3.8) is 0 Å². The van der Waals surface area contributed by atoms with Crippen molar-refractivity contribution in [2.24, 2.45) is 5.92 Å². The number of carbonyl (C=O) groups excluding carboxylic acids is 1. The summed E-state index contributed by atoms with van der Waals surface area (Å²) in [6.07, 6.45) is 6.47. The van der Waals surface area contributed by atoms with E-state index in [2.05, 4.69) is 12.2 Å². The predicted molar refractivity (Wildman–Crippen MR) is 65.2 cm³/mol. The number of hydrogen-bond acceptors (Lipinski definition) is 2. The second kappa shape index (κ2) is 5.17. The van der Waals surface area contributed by atoms with E-state index >= 15 is 0 Å². The Morgan fingerprint density at radius 3 is 2.31 bits per heavy atom. The summed E-state index contributed by atoms with van der Waals surface area (Å²) in [7, 11) is 0. The van der Waals surface area contributed by atoms with Gasteiger partial charge in [-0.15, -0.1) is 0 Å². The monoisotopic (exact) mass is 224 g/mol. The van der Waals surface area contributed by atoms with E-state index in [0.717, 1.165) is 31.8 Å². The molecule has 16 heavy (non-hydrogen) atoms. The average molecular weight is 224 g/mol. The molecule has 1 unspecified atom stereocenters. The quantitative estimate of drug-likeness (QED) is 0.792. The molecule has 3 heteroatoms.